The van der Waals surface area contributed by atoms with Crippen molar-refractivity contribution in [2.45, 2.75) is 57.9 Å². The molecule has 1 aliphatic heterocycles. The summed E-state index contributed by atoms with van der Waals surface area (Å²) in [5.74, 6) is 1.35. The van der Waals surface area contributed by atoms with E-state index in [1.165, 1.54) is 18.4 Å². The SMILES string of the molecule is Cc1cc(C(=O)NC2CCCC2)nc(N2CCC(Cc3ccccc3)CC2)n1. The van der Waals surface area contributed by atoms with Crippen molar-refractivity contribution in [1.29, 1.82) is 0 Å². The van der Waals surface area contributed by atoms with Gasteiger partial charge in [0.15, 0.2) is 0 Å². The Morgan fingerprint density at radius 1 is 1.07 bits per heavy atom. The summed E-state index contributed by atoms with van der Waals surface area (Å²) in [7, 11) is 0. The molecule has 0 radical (unpaired) electrons. The molecule has 0 atom stereocenters. The molecule has 1 saturated heterocycles. The van der Waals surface area contributed by atoms with Gasteiger partial charge in [0.05, 0.1) is 0 Å². The topological polar surface area (TPSA) is 58.1 Å². The third-order valence-corrected chi connectivity index (χ3v) is 6.03. The number of aryl methyl sites for hydroxylation is 1. The zero-order chi connectivity index (χ0) is 19.3. The first-order chi connectivity index (χ1) is 13.7. The number of nitrogens with zero attached hydrogens (tertiary/aromatic N) is 3. The van der Waals surface area contributed by atoms with Crippen LogP contribution in [0.25, 0.3) is 0 Å². The third-order valence-electron chi connectivity index (χ3n) is 6.03. The van der Waals surface area contributed by atoms with Crippen LogP contribution in [-0.2, 0) is 6.42 Å². The lowest BCUT2D eigenvalue weighted by atomic mass is 9.90. The van der Waals surface area contributed by atoms with Crippen molar-refractivity contribution < 1.29 is 4.79 Å². The summed E-state index contributed by atoms with van der Waals surface area (Å²) >= 11 is 0. The summed E-state index contributed by atoms with van der Waals surface area (Å²) in [6, 6.07) is 12.8. The standard InChI is InChI=1S/C23H30N4O/c1-17-15-21(22(28)25-20-9-5-6-10-20)26-23(24-17)27-13-11-19(12-14-27)16-18-7-3-2-4-8-18/h2-4,7-8,15,19-20H,5-6,9-14,16H2,1H3,(H,25,28). The van der Waals surface area contributed by atoms with Gasteiger partial charge in [-0.25, -0.2) is 9.97 Å². The quantitative estimate of drug-likeness (QED) is 0.857. The maximum Gasteiger partial charge on any atom is 0.270 e. The van der Waals surface area contributed by atoms with Gasteiger partial charge in [0.2, 0.25) is 5.95 Å². The number of carbonyl (C=O) groups excluding carboxylic acids is 1. The van der Waals surface area contributed by atoms with Crippen LogP contribution in [0.15, 0.2) is 36.4 Å². The molecule has 2 aromatic rings. The number of aromatic nitrogens is 2. The van der Waals surface area contributed by atoms with Gasteiger partial charge < -0.3 is 10.2 Å². The smallest absolute Gasteiger partial charge is 0.270 e. The monoisotopic (exact) mass is 378 g/mol. The molecule has 1 aromatic heterocycles. The Kier molecular flexibility index (Phi) is 5.89. The molecule has 5 nitrogen and oxygen atoms in total. The van der Waals surface area contributed by atoms with Crippen molar-refractivity contribution in [2.75, 3.05) is 18.0 Å². The summed E-state index contributed by atoms with van der Waals surface area (Å²) in [5.41, 5.74) is 2.77. The Balaban J connectivity index is 1.38. The number of hydrogen-bond donors (Lipinski definition) is 1. The average molecular weight is 379 g/mol. The van der Waals surface area contributed by atoms with Crippen LogP contribution in [0.4, 0.5) is 5.95 Å². The van der Waals surface area contributed by atoms with Gasteiger partial charge in [-0.15, -0.1) is 0 Å². The van der Waals surface area contributed by atoms with Gasteiger partial charge >= 0.3 is 0 Å². The van der Waals surface area contributed by atoms with Crippen molar-refractivity contribution in [3.63, 3.8) is 0 Å². The van der Waals surface area contributed by atoms with Gasteiger partial charge in [-0.3, -0.25) is 4.79 Å². The van der Waals surface area contributed by atoms with E-state index in [0.717, 1.165) is 50.9 Å². The molecule has 1 amide bonds. The maximum atomic E-state index is 12.6. The fourth-order valence-electron chi connectivity index (χ4n) is 4.42. The van der Waals surface area contributed by atoms with Gasteiger partial charge in [-0.1, -0.05) is 43.2 Å². The van der Waals surface area contributed by atoms with E-state index < -0.39 is 0 Å². The van der Waals surface area contributed by atoms with Gasteiger partial charge in [-0.2, -0.15) is 0 Å². The lowest BCUT2D eigenvalue weighted by molar-refractivity contribution is 0.0932. The van der Waals surface area contributed by atoms with Crippen LogP contribution in [0.5, 0.6) is 0 Å². The molecule has 4 rings (SSSR count). The minimum atomic E-state index is -0.0578. The predicted octanol–water partition coefficient (Wildman–Crippen LogP) is 3.92. The fourth-order valence-corrected chi connectivity index (χ4v) is 4.42. The van der Waals surface area contributed by atoms with E-state index in [2.05, 4.69) is 50.5 Å². The molecule has 28 heavy (non-hydrogen) atoms. The number of amides is 1. The van der Waals surface area contributed by atoms with Crippen molar-refractivity contribution in [1.82, 2.24) is 15.3 Å². The molecule has 1 aliphatic carbocycles. The fraction of sp³-hybridized carbons (Fsp3) is 0.522. The van der Waals surface area contributed by atoms with Gasteiger partial charge in [-0.05, 0) is 56.6 Å². The second kappa shape index (κ2) is 8.72. The van der Waals surface area contributed by atoms with Gasteiger partial charge in [0, 0.05) is 24.8 Å². The molecule has 5 heteroatoms. The number of nitrogens with one attached hydrogen (secondary N) is 1. The Bertz CT molecular complexity index is 794. The molecule has 2 fully saturated rings. The van der Waals surface area contributed by atoms with Gasteiger partial charge in [0.1, 0.15) is 5.69 Å². The minimum absolute atomic E-state index is 0.0578. The zero-order valence-electron chi connectivity index (χ0n) is 16.7. The van der Waals surface area contributed by atoms with Crippen LogP contribution in [0, 0.1) is 12.8 Å². The van der Waals surface area contributed by atoms with Crippen LogP contribution in [0.1, 0.15) is 60.3 Å². The normalized spacial score (nSPS) is 18.4. The summed E-state index contributed by atoms with van der Waals surface area (Å²) in [6.07, 6.45) is 7.98. The number of carbonyl (C=O) groups is 1. The molecule has 0 bridgehead atoms. The first-order valence-electron chi connectivity index (χ1n) is 10.6. The van der Waals surface area contributed by atoms with Crippen LogP contribution >= 0.6 is 0 Å². The van der Waals surface area contributed by atoms with E-state index >= 15 is 0 Å². The van der Waals surface area contributed by atoms with Crippen LogP contribution in [0.2, 0.25) is 0 Å². The lowest BCUT2D eigenvalue weighted by Crippen LogP contribution is -2.37. The van der Waals surface area contributed by atoms with E-state index in [1.54, 1.807) is 6.07 Å². The largest absolute Gasteiger partial charge is 0.348 e. The Labute approximate surface area is 167 Å². The Hall–Kier alpha value is -2.43. The number of hydrogen-bond acceptors (Lipinski definition) is 4. The molecule has 2 heterocycles. The predicted molar refractivity (Wildman–Crippen MR) is 112 cm³/mol. The van der Waals surface area contributed by atoms with E-state index in [4.69, 9.17) is 0 Å². The highest BCUT2D eigenvalue weighted by Gasteiger charge is 2.24. The maximum absolute atomic E-state index is 12.6. The highest BCUT2D eigenvalue weighted by Crippen LogP contribution is 2.24. The summed E-state index contributed by atoms with van der Waals surface area (Å²) in [6.45, 7) is 3.84. The van der Waals surface area contributed by atoms with E-state index in [-0.39, 0.29) is 5.91 Å². The number of anilines is 1. The van der Waals surface area contributed by atoms with Crippen molar-refractivity contribution >= 4 is 11.9 Å². The molecule has 1 saturated carbocycles. The van der Waals surface area contributed by atoms with Crippen LogP contribution in [0.3, 0.4) is 0 Å². The second-order valence-corrected chi connectivity index (χ2v) is 8.27. The Morgan fingerprint density at radius 3 is 2.50 bits per heavy atom. The molecule has 1 N–H and O–H groups in total. The molecule has 1 aromatic carbocycles. The zero-order valence-corrected chi connectivity index (χ0v) is 16.7. The van der Waals surface area contributed by atoms with Crippen LogP contribution < -0.4 is 10.2 Å². The molecular formula is C23H30N4O. The number of rotatable bonds is 5. The molecular weight excluding hydrogens is 348 g/mol. The minimum Gasteiger partial charge on any atom is -0.348 e. The highest BCUT2D eigenvalue weighted by molar-refractivity contribution is 5.92. The van der Waals surface area contributed by atoms with Crippen molar-refractivity contribution in [3.8, 4) is 0 Å². The lowest BCUT2D eigenvalue weighted by Gasteiger charge is -2.32. The molecule has 2 aliphatic rings. The van der Waals surface area contributed by atoms with Gasteiger partial charge in [0.25, 0.3) is 5.91 Å². The first kappa shape index (κ1) is 18.9. The van der Waals surface area contributed by atoms with Crippen molar-refractivity contribution in [3.05, 3.63) is 53.3 Å². The van der Waals surface area contributed by atoms with Crippen molar-refractivity contribution in [2.24, 2.45) is 5.92 Å². The third kappa shape index (κ3) is 4.70. The summed E-state index contributed by atoms with van der Waals surface area (Å²) in [4.78, 5) is 24.1. The average Bonchev–Trinajstić information content (AvgIpc) is 3.22. The van der Waals surface area contributed by atoms with E-state index in [1.807, 2.05) is 6.92 Å². The van der Waals surface area contributed by atoms with E-state index in [9.17, 15) is 4.79 Å². The number of benzene rings is 1. The highest BCUT2D eigenvalue weighted by atomic mass is 16.1. The first-order valence-corrected chi connectivity index (χ1v) is 10.6. The molecule has 0 unspecified atom stereocenters. The summed E-state index contributed by atoms with van der Waals surface area (Å²) < 4.78 is 0. The Morgan fingerprint density at radius 2 is 1.79 bits per heavy atom. The molecule has 0 spiro atoms. The van der Waals surface area contributed by atoms with E-state index in [0.29, 0.717) is 23.6 Å². The van der Waals surface area contributed by atoms with Crippen LogP contribution in [-0.4, -0.2) is 35.0 Å². The second-order valence-electron chi connectivity index (χ2n) is 8.27. The molecule has 148 valence electrons. The number of piperidine rings is 1. The summed E-state index contributed by atoms with van der Waals surface area (Å²) in [5, 5.41) is 3.14.